The van der Waals surface area contributed by atoms with Crippen LogP contribution in [0.2, 0.25) is 0 Å². The molecule has 0 aliphatic carbocycles. The SMILES string of the molecule is CC(C)n1nnc2ccc3cnc(Nc4ccc(N(CCN5CCOCC5)S(C)(=O)=O)cc4)nc3c21. The molecule has 3 heterocycles. The van der Waals surface area contributed by atoms with E-state index in [9.17, 15) is 8.42 Å². The topological polar surface area (TPSA) is 118 Å². The zero-order valence-corrected chi connectivity index (χ0v) is 21.4. The van der Waals surface area contributed by atoms with Gasteiger partial charge in [0.05, 0.1) is 25.2 Å². The Kier molecular flexibility index (Phi) is 6.73. The van der Waals surface area contributed by atoms with Crippen molar-refractivity contribution in [2.24, 2.45) is 0 Å². The molecule has 0 unspecified atom stereocenters. The monoisotopic (exact) mass is 510 g/mol. The van der Waals surface area contributed by atoms with Crippen molar-refractivity contribution in [2.75, 3.05) is 55.3 Å². The predicted molar refractivity (Wildman–Crippen MR) is 140 cm³/mol. The molecule has 0 spiro atoms. The van der Waals surface area contributed by atoms with Crippen molar-refractivity contribution in [2.45, 2.75) is 19.9 Å². The van der Waals surface area contributed by atoms with Gasteiger partial charge < -0.3 is 10.1 Å². The first kappa shape index (κ1) is 24.3. The average molecular weight is 511 g/mol. The van der Waals surface area contributed by atoms with Gasteiger partial charge in [0.1, 0.15) is 16.6 Å². The maximum atomic E-state index is 12.5. The van der Waals surface area contributed by atoms with Gasteiger partial charge in [-0.2, -0.15) is 0 Å². The number of hydrogen-bond donors (Lipinski definition) is 1. The molecule has 1 saturated heterocycles. The fraction of sp³-hybridized carbons (Fsp3) is 0.417. The van der Waals surface area contributed by atoms with E-state index in [0.29, 0.717) is 37.9 Å². The van der Waals surface area contributed by atoms with E-state index >= 15 is 0 Å². The van der Waals surface area contributed by atoms with Crippen molar-refractivity contribution >= 4 is 49.3 Å². The minimum Gasteiger partial charge on any atom is -0.379 e. The smallest absolute Gasteiger partial charge is 0.232 e. The van der Waals surface area contributed by atoms with Crippen LogP contribution in [0.15, 0.2) is 42.6 Å². The summed E-state index contributed by atoms with van der Waals surface area (Å²) >= 11 is 0. The van der Waals surface area contributed by atoms with Gasteiger partial charge in [-0.1, -0.05) is 5.21 Å². The van der Waals surface area contributed by atoms with Crippen LogP contribution in [0, 0.1) is 0 Å². The molecule has 5 rings (SSSR count). The molecule has 2 aromatic heterocycles. The highest BCUT2D eigenvalue weighted by atomic mass is 32.2. The standard InChI is InChI=1S/C24H30N8O3S/c1-17(2)32-23-21(28-29-32)9-4-18-16-25-24(27-22(18)23)26-19-5-7-20(8-6-19)31(36(3,33)34)11-10-30-12-14-35-15-13-30/h4-9,16-17H,10-15H2,1-3H3,(H,25,26,27). The fourth-order valence-electron chi connectivity index (χ4n) is 4.32. The van der Waals surface area contributed by atoms with E-state index < -0.39 is 10.0 Å². The van der Waals surface area contributed by atoms with Gasteiger partial charge in [0.25, 0.3) is 0 Å². The lowest BCUT2D eigenvalue weighted by molar-refractivity contribution is 0.0395. The van der Waals surface area contributed by atoms with Gasteiger partial charge in [-0.3, -0.25) is 9.21 Å². The number of rotatable bonds is 8. The normalized spacial score (nSPS) is 15.1. The van der Waals surface area contributed by atoms with Crippen LogP contribution in [-0.4, -0.2) is 83.9 Å². The van der Waals surface area contributed by atoms with E-state index in [-0.39, 0.29) is 6.04 Å². The molecule has 11 nitrogen and oxygen atoms in total. The van der Waals surface area contributed by atoms with Crippen LogP contribution in [0.5, 0.6) is 0 Å². The van der Waals surface area contributed by atoms with E-state index in [4.69, 9.17) is 9.72 Å². The van der Waals surface area contributed by atoms with Crippen molar-refractivity contribution < 1.29 is 13.2 Å². The molecule has 0 saturated carbocycles. The molecule has 190 valence electrons. The third kappa shape index (κ3) is 5.11. The molecule has 4 aromatic rings. The summed E-state index contributed by atoms with van der Waals surface area (Å²) in [4.78, 5) is 11.4. The minimum absolute atomic E-state index is 0.139. The van der Waals surface area contributed by atoms with Crippen LogP contribution in [0.1, 0.15) is 19.9 Å². The van der Waals surface area contributed by atoms with E-state index in [0.717, 1.165) is 40.7 Å². The Morgan fingerprint density at radius 3 is 2.56 bits per heavy atom. The number of nitrogens with one attached hydrogen (secondary N) is 1. The maximum Gasteiger partial charge on any atom is 0.232 e. The van der Waals surface area contributed by atoms with Gasteiger partial charge >= 0.3 is 0 Å². The first-order valence-electron chi connectivity index (χ1n) is 11.9. The summed E-state index contributed by atoms with van der Waals surface area (Å²) < 4.78 is 33.7. The molecule has 1 N–H and O–H groups in total. The number of hydrogen-bond acceptors (Lipinski definition) is 9. The third-order valence-corrected chi connectivity index (χ3v) is 7.40. The lowest BCUT2D eigenvalue weighted by Gasteiger charge is -2.30. The summed E-state index contributed by atoms with van der Waals surface area (Å²) in [6.07, 6.45) is 3.01. The number of benzene rings is 2. The largest absolute Gasteiger partial charge is 0.379 e. The molecule has 12 heteroatoms. The zero-order chi connectivity index (χ0) is 25.3. The highest BCUT2D eigenvalue weighted by Gasteiger charge is 2.20. The summed E-state index contributed by atoms with van der Waals surface area (Å²) in [5, 5.41) is 12.7. The summed E-state index contributed by atoms with van der Waals surface area (Å²) in [5.74, 6) is 0.437. The quantitative estimate of drug-likeness (QED) is 0.382. The van der Waals surface area contributed by atoms with Gasteiger partial charge in [0.15, 0.2) is 0 Å². The van der Waals surface area contributed by atoms with Crippen molar-refractivity contribution in [3.05, 3.63) is 42.6 Å². The third-order valence-electron chi connectivity index (χ3n) is 6.21. The van der Waals surface area contributed by atoms with Crippen LogP contribution < -0.4 is 9.62 Å². The minimum atomic E-state index is -3.43. The second kappa shape index (κ2) is 9.96. The Morgan fingerprint density at radius 2 is 1.86 bits per heavy atom. The number of fused-ring (bicyclic) bond motifs is 3. The predicted octanol–water partition coefficient (Wildman–Crippen LogP) is 2.80. The Balaban J connectivity index is 1.37. The molecule has 1 fully saturated rings. The Labute approximate surface area is 210 Å². The summed E-state index contributed by atoms with van der Waals surface area (Å²) in [6.45, 7) is 8.12. The van der Waals surface area contributed by atoms with E-state index in [1.807, 2.05) is 28.9 Å². The molecule has 0 atom stereocenters. The first-order valence-corrected chi connectivity index (χ1v) is 13.8. The van der Waals surface area contributed by atoms with Crippen molar-refractivity contribution in [3.8, 4) is 0 Å². The Bertz CT molecular complexity index is 1460. The zero-order valence-electron chi connectivity index (χ0n) is 20.6. The van der Waals surface area contributed by atoms with E-state index in [2.05, 4.69) is 39.4 Å². The molecular formula is C24H30N8O3S. The van der Waals surface area contributed by atoms with Gasteiger partial charge in [0, 0.05) is 49.5 Å². The number of sulfonamides is 1. The second-order valence-corrected chi connectivity index (χ2v) is 11.1. The molecule has 0 radical (unpaired) electrons. The van der Waals surface area contributed by atoms with Crippen molar-refractivity contribution in [1.29, 1.82) is 0 Å². The Hall–Kier alpha value is -3.35. The van der Waals surface area contributed by atoms with Crippen molar-refractivity contribution in [3.63, 3.8) is 0 Å². The summed E-state index contributed by atoms with van der Waals surface area (Å²) in [7, 11) is -3.43. The fourth-order valence-corrected chi connectivity index (χ4v) is 5.24. The molecule has 0 amide bonds. The van der Waals surface area contributed by atoms with Gasteiger partial charge in [0.2, 0.25) is 16.0 Å². The molecular weight excluding hydrogens is 480 g/mol. The van der Waals surface area contributed by atoms with Crippen LogP contribution in [0.25, 0.3) is 21.9 Å². The van der Waals surface area contributed by atoms with E-state index in [1.165, 1.54) is 10.6 Å². The van der Waals surface area contributed by atoms with Crippen molar-refractivity contribution in [1.82, 2.24) is 29.9 Å². The van der Waals surface area contributed by atoms with Crippen LogP contribution in [0.4, 0.5) is 17.3 Å². The average Bonchev–Trinajstić information content (AvgIpc) is 3.30. The number of nitrogens with zero attached hydrogens (tertiary/aromatic N) is 7. The number of morpholine rings is 1. The highest BCUT2D eigenvalue weighted by Crippen LogP contribution is 2.26. The molecule has 1 aliphatic heterocycles. The number of anilines is 3. The molecule has 1 aliphatic rings. The van der Waals surface area contributed by atoms with Crippen LogP contribution in [0.3, 0.4) is 0 Å². The molecule has 36 heavy (non-hydrogen) atoms. The van der Waals surface area contributed by atoms with Gasteiger partial charge in [-0.25, -0.2) is 23.1 Å². The maximum absolute atomic E-state index is 12.5. The lowest BCUT2D eigenvalue weighted by atomic mass is 10.2. The highest BCUT2D eigenvalue weighted by molar-refractivity contribution is 7.92. The second-order valence-electron chi connectivity index (χ2n) is 9.15. The first-order chi connectivity index (χ1) is 17.3. The van der Waals surface area contributed by atoms with E-state index in [1.54, 1.807) is 18.3 Å². The lowest BCUT2D eigenvalue weighted by Crippen LogP contribution is -2.43. The number of ether oxygens (including phenoxy) is 1. The van der Waals surface area contributed by atoms with Crippen LogP contribution in [-0.2, 0) is 14.8 Å². The Morgan fingerprint density at radius 1 is 1.11 bits per heavy atom. The molecule has 0 bridgehead atoms. The van der Waals surface area contributed by atoms with Gasteiger partial charge in [-0.15, -0.1) is 5.10 Å². The summed E-state index contributed by atoms with van der Waals surface area (Å²) in [5.41, 5.74) is 3.79. The van der Waals surface area contributed by atoms with Crippen LogP contribution >= 0.6 is 0 Å². The number of aromatic nitrogens is 5. The summed E-state index contributed by atoms with van der Waals surface area (Å²) in [6, 6.07) is 11.2. The van der Waals surface area contributed by atoms with Gasteiger partial charge in [-0.05, 0) is 50.2 Å². The molecule has 2 aromatic carbocycles.